The summed E-state index contributed by atoms with van der Waals surface area (Å²) in [6, 6.07) is 9.04. The number of nitrogens with one attached hydrogen (secondary N) is 1. The SMILES string of the molecule is CCCNC(c1cc(C)ccc1C)c1cc(C)nn1C. The van der Waals surface area contributed by atoms with Crippen molar-refractivity contribution in [1.29, 1.82) is 0 Å². The van der Waals surface area contributed by atoms with E-state index in [1.54, 1.807) is 0 Å². The first-order valence-corrected chi connectivity index (χ1v) is 7.34. The Balaban J connectivity index is 2.46. The Hall–Kier alpha value is -1.61. The van der Waals surface area contributed by atoms with Gasteiger partial charge in [-0.15, -0.1) is 0 Å². The molecule has 1 aromatic carbocycles. The van der Waals surface area contributed by atoms with Crippen molar-refractivity contribution >= 4 is 0 Å². The molecule has 0 bridgehead atoms. The minimum Gasteiger partial charge on any atom is -0.305 e. The predicted octanol–water partition coefficient (Wildman–Crippen LogP) is 3.43. The average Bonchev–Trinajstić information content (AvgIpc) is 2.73. The highest BCUT2D eigenvalue weighted by molar-refractivity contribution is 5.37. The Labute approximate surface area is 122 Å². The fraction of sp³-hybridized carbons (Fsp3) is 0.471. The van der Waals surface area contributed by atoms with Gasteiger partial charge in [-0.3, -0.25) is 4.68 Å². The van der Waals surface area contributed by atoms with Gasteiger partial charge in [-0.05, 0) is 50.9 Å². The maximum Gasteiger partial charge on any atom is 0.0750 e. The molecule has 1 aromatic heterocycles. The topological polar surface area (TPSA) is 29.9 Å². The minimum absolute atomic E-state index is 0.209. The first kappa shape index (κ1) is 14.8. The third-order valence-electron chi connectivity index (χ3n) is 3.68. The number of rotatable bonds is 5. The van der Waals surface area contributed by atoms with Crippen LogP contribution in [0.5, 0.6) is 0 Å². The zero-order valence-electron chi connectivity index (χ0n) is 13.2. The van der Waals surface area contributed by atoms with Crippen LogP contribution in [-0.4, -0.2) is 16.3 Å². The van der Waals surface area contributed by atoms with Gasteiger partial charge >= 0.3 is 0 Å². The summed E-state index contributed by atoms with van der Waals surface area (Å²) >= 11 is 0. The first-order valence-electron chi connectivity index (χ1n) is 7.34. The zero-order valence-corrected chi connectivity index (χ0v) is 13.2. The molecule has 2 aromatic rings. The van der Waals surface area contributed by atoms with Crippen LogP contribution in [0.1, 0.15) is 47.5 Å². The van der Waals surface area contributed by atoms with Crippen LogP contribution >= 0.6 is 0 Å². The number of benzene rings is 1. The highest BCUT2D eigenvalue weighted by Gasteiger charge is 2.19. The molecule has 0 saturated carbocycles. The molecule has 20 heavy (non-hydrogen) atoms. The van der Waals surface area contributed by atoms with Crippen molar-refractivity contribution in [2.75, 3.05) is 6.54 Å². The van der Waals surface area contributed by atoms with E-state index >= 15 is 0 Å². The highest BCUT2D eigenvalue weighted by Crippen LogP contribution is 2.26. The summed E-state index contributed by atoms with van der Waals surface area (Å²) in [4.78, 5) is 0. The van der Waals surface area contributed by atoms with Crippen LogP contribution in [0.2, 0.25) is 0 Å². The molecule has 0 radical (unpaired) electrons. The molecule has 0 aliphatic rings. The van der Waals surface area contributed by atoms with Gasteiger partial charge in [0.15, 0.2) is 0 Å². The molecular weight excluding hydrogens is 246 g/mol. The van der Waals surface area contributed by atoms with E-state index in [-0.39, 0.29) is 6.04 Å². The molecule has 2 rings (SSSR count). The van der Waals surface area contributed by atoms with Gasteiger partial charge in [0.1, 0.15) is 0 Å². The minimum atomic E-state index is 0.209. The van der Waals surface area contributed by atoms with Crippen LogP contribution in [0.25, 0.3) is 0 Å². The van der Waals surface area contributed by atoms with E-state index < -0.39 is 0 Å². The number of aromatic nitrogens is 2. The number of nitrogens with zero attached hydrogens (tertiary/aromatic N) is 2. The summed E-state index contributed by atoms with van der Waals surface area (Å²) < 4.78 is 1.99. The second-order valence-corrected chi connectivity index (χ2v) is 5.58. The molecule has 0 saturated heterocycles. The van der Waals surface area contributed by atoms with E-state index in [1.807, 2.05) is 18.7 Å². The predicted molar refractivity (Wildman–Crippen MR) is 84.0 cm³/mol. The van der Waals surface area contributed by atoms with Crippen molar-refractivity contribution < 1.29 is 0 Å². The van der Waals surface area contributed by atoms with Crippen LogP contribution in [0.3, 0.4) is 0 Å². The second-order valence-electron chi connectivity index (χ2n) is 5.58. The Morgan fingerprint density at radius 1 is 1.20 bits per heavy atom. The van der Waals surface area contributed by atoms with Crippen LogP contribution in [0.4, 0.5) is 0 Å². The van der Waals surface area contributed by atoms with E-state index in [9.17, 15) is 0 Å². The van der Waals surface area contributed by atoms with Crippen molar-refractivity contribution in [2.45, 2.75) is 40.2 Å². The molecule has 0 spiro atoms. The number of hydrogen-bond donors (Lipinski definition) is 1. The number of hydrogen-bond acceptors (Lipinski definition) is 2. The molecule has 1 atom stereocenters. The van der Waals surface area contributed by atoms with Crippen LogP contribution in [-0.2, 0) is 7.05 Å². The molecule has 1 heterocycles. The summed E-state index contributed by atoms with van der Waals surface area (Å²) in [6.07, 6.45) is 1.12. The van der Waals surface area contributed by atoms with Gasteiger partial charge in [-0.1, -0.05) is 30.7 Å². The third kappa shape index (κ3) is 3.10. The number of aryl methyl sites for hydroxylation is 4. The standard InChI is InChI=1S/C17H25N3/c1-6-9-18-17(16-11-14(4)19-20(16)5)15-10-12(2)7-8-13(15)3/h7-8,10-11,17-18H,6,9H2,1-5H3. The lowest BCUT2D eigenvalue weighted by Crippen LogP contribution is -2.26. The summed E-state index contributed by atoms with van der Waals surface area (Å²) in [7, 11) is 2.02. The highest BCUT2D eigenvalue weighted by atomic mass is 15.3. The first-order chi connectivity index (χ1) is 9.52. The quantitative estimate of drug-likeness (QED) is 0.903. The fourth-order valence-corrected chi connectivity index (χ4v) is 2.63. The molecule has 1 unspecified atom stereocenters. The second kappa shape index (κ2) is 6.23. The lowest BCUT2D eigenvalue weighted by molar-refractivity contribution is 0.551. The van der Waals surface area contributed by atoms with Gasteiger partial charge in [0.25, 0.3) is 0 Å². The summed E-state index contributed by atoms with van der Waals surface area (Å²) in [6.45, 7) is 9.57. The Morgan fingerprint density at radius 3 is 2.55 bits per heavy atom. The molecule has 108 valence electrons. The molecule has 0 amide bonds. The largest absolute Gasteiger partial charge is 0.305 e. The van der Waals surface area contributed by atoms with Gasteiger partial charge < -0.3 is 5.32 Å². The molecule has 3 heteroatoms. The third-order valence-corrected chi connectivity index (χ3v) is 3.68. The smallest absolute Gasteiger partial charge is 0.0750 e. The molecular formula is C17H25N3. The van der Waals surface area contributed by atoms with Gasteiger partial charge in [0.2, 0.25) is 0 Å². The molecule has 0 aliphatic heterocycles. The summed E-state index contributed by atoms with van der Waals surface area (Å²) in [5.74, 6) is 0. The molecule has 3 nitrogen and oxygen atoms in total. The Morgan fingerprint density at radius 2 is 1.95 bits per heavy atom. The molecule has 1 N–H and O–H groups in total. The van der Waals surface area contributed by atoms with Crippen LogP contribution < -0.4 is 5.32 Å². The zero-order chi connectivity index (χ0) is 14.7. The van der Waals surface area contributed by atoms with E-state index in [0.29, 0.717) is 0 Å². The summed E-state index contributed by atoms with van der Waals surface area (Å²) in [5.41, 5.74) is 6.26. The van der Waals surface area contributed by atoms with Crippen molar-refractivity contribution in [3.63, 3.8) is 0 Å². The van der Waals surface area contributed by atoms with Gasteiger partial charge in [0.05, 0.1) is 17.4 Å². The maximum absolute atomic E-state index is 4.49. The lowest BCUT2D eigenvalue weighted by atomic mass is 9.96. The average molecular weight is 271 g/mol. The van der Waals surface area contributed by atoms with E-state index in [1.165, 1.54) is 22.4 Å². The molecule has 0 fully saturated rings. The van der Waals surface area contributed by atoms with Crippen molar-refractivity contribution in [3.05, 3.63) is 52.3 Å². The van der Waals surface area contributed by atoms with Crippen molar-refractivity contribution in [2.24, 2.45) is 7.05 Å². The summed E-state index contributed by atoms with van der Waals surface area (Å²) in [5, 5.41) is 8.16. The molecule has 0 aliphatic carbocycles. The van der Waals surface area contributed by atoms with Gasteiger partial charge in [-0.25, -0.2) is 0 Å². The Kier molecular flexibility index (Phi) is 4.61. The van der Waals surface area contributed by atoms with Crippen LogP contribution in [0.15, 0.2) is 24.3 Å². The van der Waals surface area contributed by atoms with Crippen molar-refractivity contribution in [1.82, 2.24) is 15.1 Å². The normalized spacial score (nSPS) is 12.7. The van der Waals surface area contributed by atoms with Gasteiger partial charge in [0, 0.05) is 7.05 Å². The fourth-order valence-electron chi connectivity index (χ4n) is 2.63. The van der Waals surface area contributed by atoms with Crippen LogP contribution in [0, 0.1) is 20.8 Å². The monoisotopic (exact) mass is 271 g/mol. The van der Waals surface area contributed by atoms with Gasteiger partial charge in [-0.2, -0.15) is 5.10 Å². The van der Waals surface area contributed by atoms with E-state index in [4.69, 9.17) is 0 Å². The lowest BCUT2D eigenvalue weighted by Gasteiger charge is -2.21. The maximum atomic E-state index is 4.49. The van der Waals surface area contributed by atoms with Crippen molar-refractivity contribution in [3.8, 4) is 0 Å². The Bertz CT molecular complexity index is 584. The van der Waals surface area contributed by atoms with E-state index in [0.717, 1.165) is 18.7 Å². The van der Waals surface area contributed by atoms with E-state index in [2.05, 4.69) is 55.5 Å².